The topological polar surface area (TPSA) is 34.0 Å². The first-order chi connectivity index (χ1) is 17.8. The van der Waals surface area contributed by atoms with Gasteiger partial charge in [0.15, 0.2) is 0 Å². The fourth-order valence-corrected chi connectivity index (χ4v) is 5.32. The highest BCUT2D eigenvalue weighted by Crippen LogP contribution is 2.29. The molecule has 3 nitrogen and oxygen atoms in total. The summed E-state index contributed by atoms with van der Waals surface area (Å²) in [6.07, 6.45) is 0. The number of hydrogen-bond acceptors (Lipinski definition) is 1. The van der Waals surface area contributed by atoms with Crippen LogP contribution in [0.5, 0.6) is 0 Å². The molecule has 0 unspecified atom stereocenters. The van der Waals surface area contributed by atoms with E-state index in [1.807, 2.05) is 50.2 Å². The SMILES string of the molecule is Cc1cc(Cl)ccc1[C@H](C)NC(=O)c1ccc2c(c1)c(C)c(C)n2Cc1ccc(-c2ccccc2)cc1. The van der Waals surface area contributed by atoms with Crippen LogP contribution in [0.25, 0.3) is 22.0 Å². The Morgan fingerprint density at radius 3 is 2.27 bits per heavy atom. The second-order valence-corrected chi connectivity index (χ2v) is 10.2. The first kappa shape index (κ1) is 24.9. The summed E-state index contributed by atoms with van der Waals surface area (Å²) in [7, 11) is 0. The van der Waals surface area contributed by atoms with E-state index in [0.717, 1.165) is 28.6 Å². The zero-order valence-corrected chi connectivity index (χ0v) is 22.4. The summed E-state index contributed by atoms with van der Waals surface area (Å²) in [4.78, 5) is 13.1. The Morgan fingerprint density at radius 2 is 1.57 bits per heavy atom. The molecule has 1 amide bonds. The van der Waals surface area contributed by atoms with Gasteiger partial charge >= 0.3 is 0 Å². The van der Waals surface area contributed by atoms with Gasteiger partial charge in [-0.15, -0.1) is 0 Å². The van der Waals surface area contributed by atoms with Crippen LogP contribution in [-0.2, 0) is 6.54 Å². The second-order valence-electron chi connectivity index (χ2n) is 9.79. The van der Waals surface area contributed by atoms with Gasteiger partial charge in [-0.2, -0.15) is 0 Å². The molecule has 186 valence electrons. The van der Waals surface area contributed by atoms with Gasteiger partial charge in [0.1, 0.15) is 0 Å². The molecule has 1 aromatic heterocycles. The molecule has 0 spiro atoms. The zero-order valence-electron chi connectivity index (χ0n) is 21.7. The van der Waals surface area contributed by atoms with Crippen molar-refractivity contribution in [3.05, 3.63) is 130 Å². The van der Waals surface area contributed by atoms with Crippen LogP contribution < -0.4 is 5.32 Å². The molecule has 0 bridgehead atoms. The number of halogens is 1. The fraction of sp³-hybridized carbons (Fsp3) is 0.182. The van der Waals surface area contributed by atoms with Crippen LogP contribution in [0.1, 0.15) is 51.3 Å². The molecular formula is C33H31ClN2O. The van der Waals surface area contributed by atoms with Gasteiger partial charge in [-0.25, -0.2) is 0 Å². The van der Waals surface area contributed by atoms with Gasteiger partial charge in [-0.05, 0) is 91.4 Å². The van der Waals surface area contributed by atoms with Crippen molar-refractivity contribution in [1.29, 1.82) is 0 Å². The third-order valence-electron chi connectivity index (χ3n) is 7.35. The third kappa shape index (κ3) is 5.05. The number of nitrogens with zero attached hydrogens (tertiary/aromatic N) is 1. The minimum atomic E-state index is -0.119. The van der Waals surface area contributed by atoms with Gasteiger partial charge in [0.25, 0.3) is 5.91 Å². The summed E-state index contributed by atoms with van der Waals surface area (Å²) in [6.45, 7) is 9.08. The lowest BCUT2D eigenvalue weighted by Gasteiger charge is -2.17. The maximum Gasteiger partial charge on any atom is 0.251 e. The third-order valence-corrected chi connectivity index (χ3v) is 7.58. The lowest BCUT2D eigenvalue weighted by atomic mass is 10.0. The highest BCUT2D eigenvalue weighted by atomic mass is 35.5. The van der Waals surface area contributed by atoms with Gasteiger partial charge in [0.05, 0.1) is 6.04 Å². The van der Waals surface area contributed by atoms with Crippen LogP contribution in [0, 0.1) is 20.8 Å². The smallest absolute Gasteiger partial charge is 0.251 e. The first-order valence-corrected chi connectivity index (χ1v) is 13.0. The highest BCUT2D eigenvalue weighted by Gasteiger charge is 2.17. The lowest BCUT2D eigenvalue weighted by Crippen LogP contribution is -2.27. The lowest BCUT2D eigenvalue weighted by molar-refractivity contribution is 0.0940. The number of carbonyl (C=O) groups excluding carboxylic acids is 1. The van der Waals surface area contributed by atoms with Crippen LogP contribution in [0.3, 0.4) is 0 Å². The van der Waals surface area contributed by atoms with E-state index >= 15 is 0 Å². The van der Waals surface area contributed by atoms with E-state index in [1.165, 1.54) is 27.9 Å². The molecule has 0 radical (unpaired) electrons. The molecule has 0 aliphatic heterocycles. The summed E-state index contributed by atoms with van der Waals surface area (Å²) in [5.74, 6) is -0.0787. The average molecular weight is 507 g/mol. The van der Waals surface area contributed by atoms with Crippen molar-refractivity contribution in [1.82, 2.24) is 9.88 Å². The number of benzene rings is 4. The van der Waals surface area contributed by atoms with Gasteiger partial charge in [0, 0.05) is 33.7 Å². The van der Waals surface area contributed by atoms with Gasteiger partial charge in [-0.1, -0.05) is 72.3 Å². The molecule has 1 atom stereocenters. The molecule has 37 heavy (non-hydrogen) atoms. The number of rotatable bonds is 6. The quantitative estimate of drug-likeness (QED) is 0.246. The van der Waals surface area contributed by atoms with Crippen LogP contribution in [-0.4, -0.2) is 10.5 Å². The van der Waals surface area contributed by atoms with Crippen molar-refractivity contribution in [3.63, 3.8) is 0 Å². The molecule has 0 fully saturated rings. The first-order valence-electron chi connectivity index (χ1n) is 12.6. The number of amides is 1. The standard InChI is InChI=1S/C33H31ClN2O/c1-21-18-29(34)15-16-30(21)23(3)35-33(37)28-14-17-32-31(19-28)22(2)24(4)36(32)20-25-10-12-27(13-11-25)26-8-6-5-7-9-26/h5-19,23H,20H2,1-4H3,(H,35,37)/t23-/m0/s1. The molecule has 1 N–H and O–H groups in total. The zero-order chi connectivity index (χ0) is 26.1. The number of fused-ring (bicyclic) bond motifs is 1. The Hall–Kier alpha value is -3.82. The Labute approximate surface area is 223 Å². The van der Waals surface area contributed by atoms with E-state index < -0.39 is 0 Å². The number of aryl methyl sites for hydroxylation is 2. The molecule has 4 heteroatoms. The van der Waals surface area contributed by atoms with Crippen LogP contribution >= 0.6 is 11.6 Å². The van der Waals surface area contributed by atoms with Crippen LogP contribution in [0.4, 0.5) is 0 Å². The molecule has 0 saturated carbocycles. The number of aromatic nitrogens is 1. The maximum atomic E-state index is 13.1. The second kappa shape index (κ2) is 10.3. The van der Waals surface area contributed by atoms with E-state index in [-0.39, 0.29) is 11.9 Å². The summed E-state index contributed by atoms with van der Waals surface area (Å²) in [5.41, 5.74) is 10.0. The Balaban J connectivity index is 1.38. The molecule has 4 aromatic carbocycles. The Morgan fingerprint density at radius 1 is 0.865 bits per heavy atom. The molecule has 5 aromatic rings. The molecule has 0 aliphatic rings. The Bertz CT molecular complexity index is 1580. The van der Waals surface area contributed by atoms with E-state index in [1.54, 1.807) is 0 Å². The van der Waals surface area contributed by atoms with Crippen LogP contribution in [0.15, 0.2) is 91.0 Å². The van der Waals surface area contributed by atoms with Gasteiger partial charge in [0.2, 0.25) is 0 Å². The summed E-state index contributed by atoms with van der Waals surface area (Å²) >= 11 is 6.10. The minimum absolute atomic E-state index is 0.0787. The highest BCUT2D eigenvalue weighted by molar-refractivity contribution is 6.30. The largest absolute Gasteiger partial charge is 0.346 e. The molecular weight excluding hydrogens is 476 g/mol. The van der Waals surface area contributed by atoms with Gasteiger partial charge < -0.3 is 9.88 Å². The summed E-state index contributed by atoms with van der Waals surface area (Å²) in [6, 6.07) is 30.9. The maximum absolute atomic E-state index is 13.1. The minimum Gasteiger partial charge on any atom is -0.346 e. The van der Waals surface area contributed by atoms with E-state index in [9.17, 15) is 4.79 Å². The predicted molar refractivity (Wildman–Crippen MR) is 154 cm³/mol. The molecule has 5 rings (SSSR count). The molecule has 1 heterocycles. The Kier molecular flexibility index (Phi) is 6.90. The van der Waals surface area contributed by atoms with Crippen molar-refractivity contribution in [3.8, 4) is 11.1 Å². The van der Waals surface area contributed by atoms with Crippen molar-refractivity contribution in [2.24, 2.45) is 0 Å². The molecule has 0 saturated heterocycles. The van der Waals surface area contributed by atoms with Crippen LogP contribution in [0.2, 0.25) is 5.02 Å². The summed E-state index contributed by atoms with van der Waals surface area (Å²) in [5, 5.41) is 4.96. The monoisotopic (exact) mass is 506 g/mol. The number of hydrogen-bond donors (Lipinski definition) is 1. The van der Waals surface area contributed by atoms with Crippen molar-refractivity contribution >= 4 is 28.4 Å². The fourth-order valence-electron chi connectivity index (χ4n) is 5.09. The summed E-state index contributed by atoms with van der Waals surface area (Å²) < 4.78 is 2.34. The van der Waals surface area contributed by atoms with E-state index in [4.69, 9.17) is 11.6 Å². The predicted octanol–water partition coefficient (Wildman–Crippen LogP) is 8.43. The van der Waals surface area contributed by atoms with Gasteiger partial charge in [-0.3, -0.25) is 4.79 Å². The number of carbonyl (C=O) groups is 1. The van der Waals surface area contributed by atoms with E-state index in [0.29, 0.717) is 10.6 Å². The average Bonchev–Trinajstić information content (AvgIpc) is 3.13. The number of nitrogens with one attached hydrogen (secondary N) is 1. The normalized spacial score (nSPS) is 12.0. The van der Waals surface area contributed by atoms with Crippen molar-refractivity contribution in [2.45, 2.75) is 40.3 Å². The molecule has 0 aliphatic carbocycles. The van der Waals surface area contributed by atoms with E-state index in [2.05, 4.69) is 78.3 Å². The van der Waals surface area contributed by atoms with Crippen molar-refractivity contribution in [2.75, 3.05) is 0 Å². The van der Waals surface area contributed by atoms with Crippen molar-refractivity contribution < 1.29 is 4.79 Å².